The number of nitrogens with zero attached hydrogens (tertiary/aromatic N) is 2. The minimum Gasteiger partial charge on any atom is -0.396 e. The van der Waals surface area contributed by atoms with Gasteiger partial charge < -0.3 is 9.67 Å². The van der Waals surface area contributed by atoms with E-state index in [9.17, 15) is 0 Å². The van der Waals surface area contributed by atoms with Crippen molar-refractivity contribution in [3.8, 4) is 0 Å². The molecule has 0 unspecified atom stereocenters. The van der Waals surface area contributed by atoms with Crippen LogP contribution in [0, 0.1) is 5.92 Å². The summed E-state index contributed by atoms with van der Waals surface area (Å²) in [6.45, 7) is 1.31. The molecule has 0 spiro atoms. The number of imidazole rings is 1. The maximum Gasteiger partial charge on any atom is 0.108 e. The Morgan fingerprint density at radius 3 is 3.45 bits per heavy atom. The molecule has 0 saturated carbocycles. The fourth-order valence-corrected chi connectivity index (χ4v) is 1.57. The van der Waals surface area contributed by atoms with Gasteiger partial charge in [0.1, 0.15) is 5.82 Å². The Morgan fingerprint density at radius 2 is 2.64 bits per heavy atom. The average Bonchev–Trinajstić information content (AvgIpc) is 2.50. The van der Waals surface area contributed by atoms with Crippen LogP contribution in [0.4, 0.5) is 0 Å². The van der Waals surface area contributed by atoms with E-state index in [1.807, 2.05) is 12.4 Å². The number of fused-ring (bicyclic) bond motifs is 1. The van der Waals surface area contributed by atoms with Crippen molar-refractivity contribution < 1.29 is 5.11 Å². The summed E-state index contributed by atoms with van der Waals surface area (Å²) in [5.41, 5.74) is 0. The first kappa shape index (κ1) is 6.85. The van der Waals surface area contributed by atoms with Gasteiger partial charge in [-0.2, -0.15) is 0 Å². The van der Waals surface area contributed by atoms with Gasteiger partial charge in [-0.15, -0.1) is 0 Å². The van der Waals surface area contributed by atoms with Gasteiger partial charge >= 0.3 is 0 Å². The summed E-state index contributed by atoms with van der Waals surface area (Å²) in [7, 11) is 0. The van der Waals surface area contributed by atoms with Crippen molar-refractivity contribution in [2.75, 3.05) is 6.61 Å². The normalized spacial score (nSPS) is 23.2. The van der Waals surface area contributed by atoms with Crippen LogP contribution in [0.1, 0.15) is 12.2 Å². The largest absolute Gasteiger partial charge is 0.396 e. The quantitative estimate of drug-likeness (QED) is 0.634. The number of aliphatic hydroxyl groups is 1. The summed E-state index contributed by atoms with van der Waals surface area (Å²) in [6.07, 6.45) is 5.85. The first-order valence-corrected chi connectivity index (χ1v) is 4.01. The van der Waals surface area contributed by atoms with Crippen molar-refractivity contribution in [1.82, 2.24) is 9.55 Å². The Balaban J connectivity index is 2.18. The van der Waals surface area contributed by atoms with Gasteiger partial charge in [-0.3, -0.25) is 0 Å². The van der Waals surface area contributed by atoms with Gasteiger partial charge in [0, 0.05) is 32.0 Å². The van der Waals surface area contributed by atoms with Crippen molar-refractivity contribution in [2.24, 2.45) is 5.92 Å². The first-order chi connectivity index (χ1) is 5.40. The molecule has 0 aliphatic carbocycles. The summed E-state index contributed by atoms with van der Waals surface area (Å²) < 4.78 is 2.16. The van der Waals surface area contributed by atoms with E-state index in [0.29, 0.717) is 12.5 Å². The molecule has 1 aliphatic rings. The highest BCUT2D eigenvalue weighted by atomic mass is 16.3. The van der Waals surface area contributed by atoms with Crippen LogP contribution in [0.15, 0.2) is 12.4 Å². The topological polar surface area (TPSA) is 38.0 Å². The maximum atomic E-state index is 8.92. The Morgan fingerprint density at radius 1 is 1.73 bits per heavy atom. The molecule has 0 bridgehead atoms. The minimum atomic E-state index is 0.298. The predicted octanol–water partition coefficient (Wildman–Crippen LogP) is 0.438. The van der Waals surface area contributed by atoms with Crippen molar-refractivity contribution in [3.63, 3.8) is 0 Å². The van der Waals surface area contributed by atoms with Crippen LogP contribution in [-0.2, 0) is 13.0 Å². The van der Waals surface area contributed by atoms with Gasteiger partial charge in [0.15, 0.2) is 0 Å². The monoisotopic (exact) mass is 152 g/mol. The van der Waals surface area contributed by atoms with Crippen LogP contribution in [-0.4, -0.2) is 21.3 Å². The van der Waals surface area contributed by atoms with E-state index < -0.39 is 0 Å². The SMILES string of the molecule is OC[C@H]1CCn2ccnc2C1. The lowest BCUT2D eigenvalue weighted by Crippen LogP contribution is -2.21. The highest BCUT2D eigenvalue weighted by molar-refractivity contribution is 4.97. The van der Waals surface area contributed by atoms with Crippen LogP contribution in [0.2, 0.25) is 0 Å². The van der Waals surface area contributed by atoms with Gasteiger partial charge in [0.2, 0.25) is 0 Å². The van der Waals surface area contributed by atoms with Crippen molar-refractivity contribution in [2.45, 2.75) is 19.4 Å². The maximum absolute atomic E-state index is 8.92. The Bertz CT molecular complexity index is 244. The van der Waals surface area contributed by atoms with Gasteiger partial charge in [-0.05, 0) is 12.3 Å². The third kappa shape index (κ3) is 1.16. The van der Waals surface area contributed by atoms with E-state index in [1.165, 1.54) is 0 Å². The van der Waals surface area contributed by atoms with Gasteiger partial charge in [0.25, 0.3) is 0 Å². The lowest BCUT2D eigenvalue weighted by atomic mass is 9.99. The fourth-order valence-electron chi connectivity index (χ4n) is 1.57. The molecule has 0 amide bonds. The summed E-state index contributed by atoms with van der Waals surface area (Å²) in [6, 6.07) is 0. The molecule has 11 heavy (non-hydrogen) atoms. The van der Waals surface area contributed by atoms with E-state index in [-0.39, 0.29) is 0 Å². The lowest BCUT2D eigenvalue weighted by Gasteiger charge is -2.20. The second-order valence-corrected chi connectivity index (χ2v) is 3.08. The standard InChI is InChI=1S/C8H12N2O/c11-6-7-1-3-10-4-2-9-8(10)5-7/h2,4,7,11H,1,3,5-6H2/t7-/m0/s1. The summed E-state index contributed by atoms with van der Waals surface area (Å²) in [4.78, 5) is 4.21. The van der Waals surface area contributed by atoms with E-state index in [1.54, 1.807) is 0 Å². The molecule has 0 aromatic carbocycles. The molecule has 60 valence electrons. The van der Waals surface area contributed by atoms with Gasteiger partial charge in [-0.1, -0.05) is 0 Å². The predicted molar refractivity (Wildman–Crippen MR) is 41.1 cm³/mol. The zero-order valence-electron chi connectivity index (χ0n) is 6.40. The van der Waals surface area contributed by atoms with Gasteiger partial charge in [0.05, 0.1) is 0 Å². The highest BCUT2D eigenvalue weighted by Gasteiger charge is 2.17. The van der Waals surface area contributed by atoms with Crippen LogP contribution >= 0.6 is 0 Å². The summed E-state index contributed by atoms with van der Waals surface area (Å²) in [5.74, 6) is 1.56. The molecule has 1 aliphatic heterocycles. The lowest BCUT2D eigenvalue weighted by molar-refractivity contribution is 0.199. The molecule has 1 aromatic rings. The average molecular weight is 152 g/mol. The molecule has 2 rings (SSSR count). The molecule has 1 atom stereocenters. The molecule has 0 saturated heterocycles. The molecule has 3 nitrogen and oxygen atoms in total. The number of aliphatic hydroxyl groups excluding tert-OH is 1. The second-order valence-electron chi connectivity index (χ2n) is 3.08. The molecule has 1 N–H and O–H groups in total. The smallest absolute Gasteiger partial charge is 0.108 e. The highest BCUT2D eigenvalue weighted by Crippen LogP contribution is 2.17. The molecule has 0 radical (unpaired) electrons. The third-order valence-corrected chi connectivity index (χ3v) is 2.31. The number of aromatic nitrogens is 2. The van der Waals surface area contributed by atoms with Crippen LogP contribution in [0.5, 0.6) is 0 Å². The molecule has 3 heteroatoms. The van der Waals surface area contributed by atoms with Crippen molar-refractivity contribution in [3.05, 3.63) is 18.2 Å². The number of rotatable bonds is 1. The van der Waals surface area contributed by atoms with Crippen LogP contribution in [0.3, 0.4) is 0 Å². The number of hydrogen-bond donors (Lipinski definition) is 1. The van der Waals surface area contributed by atoms with E-state index in [4.69, 9.17) is 5.11 Å². The van der Waals surface area contributed by atoms with E-state index in [2.05, 4.69) is 9.55 Å². The molecule has 0 fully saturated rings. The molecule has 2 heterocycles. The Kier molecular flexibility index (Phi) is 1.66. The van der Waals surface area contributed by atoms with Crippen LogP contribution < -0.4 is 0 Å². The Hall–Kier alpha value is -0.830. The van der Waals surface area contributed by atoms with E-state index >= 15 is 0 Å². The summed E-state index contributed by atoms with van der Waals surface area (Å²) in [5, 5.41) is 8.92. The van der Waals surface area contributed by atoms with Gasteiger partial charge in [-0.25, -0.2) is 4.98 Å². The van der Waals surface area contributed by atoms with Crippen LogP contribution in [0.25, 0.3) is 0 Å². The zero-order chi connectivity index (χ0) is 7.68. The molecular weight excluding hydrogens is 140 g/mol. The minimum absolute atomic E-state index is 0.298. The van der Waals surface area contributed by atoms with Crippen molar-refractivity contribution >= 4 is 0 Å². The first-order valence-electron chi connectivity index (χ1n) is 4.01. The molecular formula is C8H12N2O. The van der Waals surface area contributed by atoms with E-state index in [0.717, 1.165) is 25.2 Å². The third-order valence-electron chi connectivity index (χ3n) is 2.31. The fraction of sp³-hybridized carbons (Fsp3) is 0.625. The second kappa shape index (κ2) is 2.66. The van der Waals surface area contributed by atoms with Crippen molar-refractivity contribution in [1.29, 1.82) is 0 Å². The zero-order valence-corrected chi connectivity index (χ0v) is 6.40. The number of aryl methyl sites for hydroxylation is 1. The Labute approximate surface area is 65.7 Å². The summed E-state index contributed by atoms with van der Waals surface area (Å²) >= 11 is 0. The molecule has 1 aromatic heterocycles. The number of hydrogen-bond acceptors (Lipinski definition) is 2.